The van der Waals surface area contributed by atoms with Crippen molar-refractivity contribution in [1.82, 2.24) is 24.9 Å². The van der Waals surface area contributed by atoms with E-state index in [1.54, 1.807) is 6.20 Å². The average Bonchev–Trinajstić information content (AvgIpc) is 3.48. The Morgan fingerprint density at radius 3 is 2.92 bits per heavy atom. The monoisotopic (exact) mass is 546 g/mol. The first-order chi connectivity index (χ1) is 18.1. The van der Waals surface area contributed by atoms with E-state index in [0.717, 1.165) is 21.0 Å². The number of para-hydroxylation sites is 1. The number of ether oxygens (including phenoxy) is 1. The van der Waals surface area contributed by atoms with Crippen molar-refractivity contribution in [2.24, 2.45) is 5.11 Å². The number of nitrogens with one attached hydrogen (secondary N) is 4. The first kappa shape index (κ1) is 27.3. The van der Waals surface area contributed by atoms with Crippen LogP contribution in [0.15, 0.2) is 51.4 Å². The van der Waals surface area contributed by atoms with Crippen molar-refractivity contribution in [2.45, 2.75) is 44.2 Å². The van der Waals surface area contributed by atoms with Crippen molar-refractivity contribution in [2.75, 3.05) is 13.7 Å². The van der Waals surface area contributed by atoms with Crippen LogP contribution in [0.4, 0.5) is 0 Å². The highest BCUT2D eigenvalue weighted by Gasteiger charge is 2.39. The summed E-state index contributed by atoms with van der Waals surface area (Å²) in [5, 5.41) is 9.39. The highest BCUT2D eigenvalue weighted by atomic mass is 31.2. The Hall–Kier alpha value is -3.71. The number of hydrogen-bond donors (Lipinski definition) is 5. The van der Waals surface area contributed by atoms with Gasteiger partial charge in [0.25, 0.3) is 5.56 Å². The van der Waals surface area contributed by atoms with E-state index in [1.807, 2.05) is 24.3 Å². The second-order valence-corrected chi connectivity index (χ2v) is 10.3. The van der Waals surface area contributed by atoms with Gasteiger partial charge in [-0.3, -0.25) is 23.7 Å². The van der Waals surface area contributed by atoms with Crippen LogP contribution in [0.5, 0.6) is 0 Å². The maximum atomic E-state index is 12.9. The normalized spacial score (nSPS) is 21.5. The fourth-order valence-electron chi connectivity index (χ4n) is 4.32. The number of fused-ring (bicyclic) bond motifs is 1. The van der Waals surface area contributed by atoms with Crippen molar-refractivity contribution < 1.29 is 23.5 Å². The van der Waals surface area contributed by atoms with Gasteiger partial charge >= 0.3 is 13.4 Å². The lowest BCUT2D eigenvalue weighted by Gasteiger charge is -2.23. The smallest absolute Gasteiger partial charge is 0.361 e. The molecule has 3 aromatic rings. The van der Waals surface area contributed by atoms with E-state index in [4.69, 9.17) is 14.8 Å². The number of carbonyl (C=O) groups is 1. The van der Waals surface area contributed by atoms with Gasteiger partial charge in [-0.2, -0.15) is 0 Å². The Labute approximate surface area is 215 Å². The lowest BCUT2D eigenvalue weighted by molar-refractivity contribution is -0.122. The van der Waals surface area contributed by atoms with E-state index >= 15 is 0 Å². The second-order valence-electron chi connectivity index (χ2n) is 8.79. The highest BCUT2D eigenvalue weighted by Crippen LogP contribution is 2.40. The van der Waals surface area contributed by atoms with Crippen LogP contribution < -0.4 is 21.7 Å². The molecule has 1 aromatic carbocycles. The third-order valence-corrected chi connectivity index (χ3v) is 7.39. The summed E-state index contributed by atoms with van der Waals surface area (Å²) < 4.78 is 25.1. The lowest BCUT2D eigenvalue weighted by Crippen LogP contribution is -2.43. The molecule has 0 bridgehead atoms. The SMILES string of the molecule is CNC(=O)[C@H](Cc1c[nH]c2ccccc12)NP(=O)(O)OC[C@H]1O[C@@H](n2cc(C)c(=O)[nH]c2=O)CC1N=[N+]=[N-]. The molecule has 38 heavy (non-hydrogen) atoms. The fourth-order valence-corrected chi connectivity index (χ4v) is 5.35. The number of aryl methyl sites for hydroxylation is 1. The van der Waals surface area contributed by atoms with E-state index in [2.05, 4.69) is 30.4 Å². The summed E-state index contributed by atoms with van der Waals surface area (Å²) in [6.07, 6.45) is 1.31. The molecule has 1 aliphatic rings. The second kappa shape index (κ2) is 11.4. The van der Waals surface area contributed by atoms with E-state index in [-0.39, 0.29) is 18.4 Å². The zero-order chi connectivity index (χ0) is 27.4. The van der Waals surface area contributed by atoms with Crippen LogP contribution in [0.25, 0.3) is 21.3 Å². The van der Waals surface area contributed by atoms with Crippen molar-refractivity contribution in [1.29, 1.82) is 0 Å². The van der Waals surface area contributed by atoms with Crippen molar-refractivity contribution >= 4 is 24.6 Å². The molecule has 5 atom stereocenters. The molecule has 5 N–H and O–H groups in total. The number of nitrogens with zero attached hydrogens (tertiary/aromatic N) is 4. The van der Waals surface area contributed by atoms with E-state index in [9.17, 15) is 23.8 Å². The minimum absolute atomic E-state index is 0.0636. The Bertz CT molecular complexity index is 1540. The number of carbonyl (C=O) groups excluding carboxylic acids is 1. The van der Waals surface area contributed by atoms with Crippen LogP contribution in [-0.2, 0) is 25.0 Å². The number of benzene rings is 1. The number of H-pyrrole nitrogens is 2. The van der Waals surface area contributed by atoms with Gasteiger partial charge in [-0.15, -0.1) is 0 Å². The maximum absolute atomic E-state index is 12.9. The molecule has 1 amide bonds. The minimum atomic E-state index is -4.56. The van der Waals surface area contributed by atoms with Crippen molar-refractivity contribution in [3.05, 3.63) is 79.1 Å². The van der Waals surface area contributed by atoms with Gasteiger partial charge in [0.2, 0.25) is 5.91 Å². The minimum Gasteiger partial charge on any atom is -0.361 e. The quantitative estimate of drug-likeness (QED) is 0.108. The van der Waals surface area contributed by atoms with Gasteiger partial charge in [0, 0.05) is 47.2 Å². The van der Waals surface area contributed by atoms with Crippen LogP contribution in [0.2, 0.25) is 0 Å². The Kier molecular flexibility index (Phi) is 8.17. The Morgan fingerprint density at radius 1 is 1.42 bits per heavy atom. The summed E-state index contributed by atoms with van der Waals surface area (Å²) in [7, 11) is -3.15. The third kappa shape index (κ3) is 6.05. The number of amides is 1. The van der Waals surface area contributed by atoms with Crippen LogP contribution >= 0.6 is 7.75 Å². The van der Waals surface area contributed by atoms with Crippen molar-refractivity contribution in [3.8, 4) is 0 Å². The first-order valence-electron chi connectivity index (χ1n) is 11.7. The molecule has 2 unspecified atom stereocenters. The molecule has 16 heteroatoms. The molecule has 4 rings (SSSR count). The summed E-state index contributed by atoms with van der Waals surface area (Å²) >= 11 is 0. The van der Waals surface area contributed by atoms with Crippen LogP contribution in [0.3, 0.4) is 0 Å². The number of likely N-dealkylation sites (N-methyl/N-ethyl adjacent to an activating group) is 1. The van der Waals surface area contributed by atoms with Gasteiger partial charge in [-0.25, -0.2) is 14.4 Å². The van der Waals surface area contributed by atoms with E-state index in [1.165, 1.54) is 20.2 Å². The summed E-state index contributed by atoms with van der Waals surface area (Å²) in [6, 6.07) is 5.52. The molecule has 1 aliphatic heterocycles. The van der Waals surface area contributed by atoms with Crippen LogP contribution in [-0.4, -0.2) is 57.2 Å². The fraction of sp³-hybridized carbons (Fsp3) is 0.409. The zero-order valence-corrected chi connectivity index (χ0v) is 21.4. The molecule has 15 nitrogen and oxygen atoms in total. The summed E-state index contributed by atoms with van der Waals surface area (Å²) in [5.41, 5.74) is 9.58. The largest absolute Gasteiger partial charge is 0.403 e. The zero-order valence-electron chi connectivity index (χ0n) is 20.5. The van der Waals surface area contributed by atoms with Gasteiger partial charge in [-0.05, 0) is 30.5 Å². The van der Waals surface area contributed by atoms with E-state index < -0.39 is 55.9 Å². The highest BCUT2D eigenvalue weighted by molar-refractivity contribution is 7.50. The number of azide groups is 1. The molecule has 0 spiro atoms. The number of aromatic amines is 2. The summed E-state index contributed by atoms with van der Waals surface area (Å²) in [5.74, 6) is -0.523. The summed E-state index contributed by atoms with van der Waals surface area (Å²) in [6.45, 7) is 1.04. The number of aromatic nitrogens is 3. The van der Waals surface area contributed by atoms with Crippen molar-refractivity contribution in [3.63, 3.8) is 0 Å². The number of rotatable bonds is 10. The standard InChI is InChI=1S/C22H27N8O7P/c1-12-10-30(22(33)26-20(12)31)19-8-16(27-29-23)18(37-19)11-36-38(34,35)28-17(21(32)24-2)7-13-9-25-15-6-4-3-5-14(13)15/h3-6,9-10,16-19,25H,7-8,11H2,1-2H3,(H,24,32)(H,26,31,33)(H2,28,34,35)/t16?,17-,18+,19+/m0/s1. The molecular formula is C22H27N8O7P. The van der Waals surface area contributed by atoms with Gasteiger partial charge in [0.05, 0.1) is 18.8 Å². The average molecular weight is 546 g/mol. The molecule has 1 saturated heterocycles. The van der Waals surface area contributed by atoms with Crippen LogP contribution in [0, 0.1) is 6.92 Å². The molecule has 0 radical (unpaired) electrons. The maximum Gasteiger partial charge on any atom is 0.403 e. The van der Waals surface area contributed by atoms with Gasteiger partial charge in [0.15, 0.2) is 0 Å². The molecule has 0 saturated carbocycles. The van der Waals surface area contributed by atoms with Gasteiger partial charge in [-0.1, -0.05) is 23.3 Å². The Balaban J connectivity index is 1.46. The lowest BCUT2D eigenvalue weighted by atomic mass is 10.1. The predicted octanol–water partition coefficient (Wildman–Crippen LogP) is 1.36. The van der Waals surface area contributed by atoms with E-state index in [0.29, 0.717) is 0 Å². The van der Waals surface area contributed by atoms with Gasteiger partial charge in [0.1, 0.15) is 12.3 Å². The summed E-state index contributed by atoms with van der Waals surface area (Å²) in [4.78, 5) is 55.0. The molecule has 202 valence electrons. The topological polar surface area (TPSA) is 216 Å². The molecule has 2 aromatic heterocycles. The predicted molar refractivity (Wildman–Crippen MR) is 136 cm³/mol. The molecule has 1 fully saturated rings. The third-order valence-electron chi connectivity index (χ3n) is 6.25. The number of hydrogen-bond acceptors (Lipinski definition) is 7. The molecule has 3 heterocycles. The van der Waals surface area contributed by atoms with Crippen LogP contribution in [0.1, 0.15) is 23.8 Å². The Morgan fingerprint density at radius 2 is 2.18 bits per heavy atom. The van der Waals surface area contributed by atoms with Gasteiger partial charge < -0.3 is 19.9 Å². The molecule has 0 aliphatic carbocycles. The molecular weight excluding hydrogens is 519 g/mol. The first-order valence-corrected chi connectivity index (χ1v) is 13.2.